The molecule has 0 fully saturated rings. The van der Waals surface area contributed by atoms with Crippen LogP contribution in [0.25, 0.3) is 0 Å². The molecule has 21 heavy (non-hydrogen) atoms. The van der Waals surface area contributed by atoms with E-state index in [1.807, 2.05) is 20.8 Å². The summed E-state index contributed by atoms with van der Waals surface area (Å²) in [4.78, 5) is 4.05. The summed E-state index contributed by atoms with van der Waals surface area (Å²) in [7, 11) is -3.66. The molecule has 0 bridgehead atoms. The number of hydrogen-bond acceptors (Lipinski definition) is 6. The smallest absolute Gasteiger partial charge is 0.260 e. The summed E-state index contributed by atoms with van der Waals surface area (Å²) in [5, 5.41) is 11.7. The second kappa shape index (κ2) is 6.65. The first-order valence-electron chi connectivity index (χ1n) is 6.54. The Morgan fingerprint density at radius 3 is 2.76 bits per heavy atom. The molecule has 0 amide bonds. The number of H-pyrrole nitrogens is 1. The maximum Gasteiger partial charge on any atom is 0.260 e. The fraction of sp³-hybridized carbons (Fsp3) is 0.500. The minimum atomic E-state index is -3.66. The Bertz CT molecular complexity index is 677. The summed E-state index contributed by atoms with van der Waals surface area (Å²) in [6, 6.07) is 0.262. The number of aryl methyl sites for hydroxylation is 1. The van der Waals surface area contributed by atoms with E-state index in [1.54, 1.807) is 10.9 Å². The van der Waals surface area contributed by atoms with Crippen molar-refractivity contribution in [3.63, 3.8) is 0 Å². The van der Waals surface area contributed by atoms with Crippen LogP contribution in [0.1, 0.15) is 30.8 Å². The maximum atomic E-state index is 12.4. The molecule has 2 rings (SSSR count). The largest absolute Gasteiger partial charge is 0.310 e. The van der Waals surface area contributed by atoms with Gasteiger partial charge in [0.05, 0.1) is 17.7 Å². The molecule has 2 heterocycles. The summed E-state index contributed by atoms with van der Waals surface area (Å²) in [6.45, 7) is 6.43. The predicted molar refractivity (Wildman–Crippen MR) is 81.4 cm³/mol. The number of nitrogens with zero attached hydrogens (tertiary/aromatic N) is 2. The van der Waals surface area contributed by atoms with Crippen molar-refractivity contribution in [1.29, 1.82) is 0 Å². The molecular formula is C12H19N5O2S2. The van der Waals surface area contributed by atoms with Gasteiger partial charge in [-0.05, 0) is 6.92 Å². The second-order valence-corrected chi connectivity index (χ2v) is 7.37. The van der Waals surface area contributed by atoms with Crippen LogP contribution in [0, 0.1) is 6.92 Å². The number of aromatic amines is 1. The first-order chi connectivity index (χ1) is 9.90. The molecule has 0 unspecified atom stereocenters. The molecular weight excluding hydrogens is 310 g/mol. The Labute approximate surface area is 128 Å². The number of rotatable bonds is 7. The normalized spacial score (nSPS) is 12.2. The van der Waals surface area contributed by atoms with Gasteiger partial charge >= 0.3 is 0 Å². The summed E-state index contributed by atoms with van der Waals surface area (Å²) in [6.07, 6.45) is 0. The third kappa shape index (κ3) is 4.10. The minimum absolute atomic E-state index is 0.0448. The Kier molecular flexibility index (Phi) is 5.09. The molecule has 0 atom stereocenters. The van der Waals surface area contributed by atoms with Gasteiger partial charge in [-0.2, -0.15) is 5.10 Å². The van der Waals surface area contributed by atoms with Crippen LogP contribution in [0.2, 0.25) is 0 Å². The fourth-order valence-electron chi connectivity index (χ4n) is 1.73. The average molecular weight is 329 g/mol. The molecule has 0 aliphatic heterocycles. The van der Waals surface area contributed by atoms with Crippen LogP contribution < -0.4 is 10.0 Å². The number of aromatic nitrogens is 3. The van der Waals surface area contributed by atoms with Crippen LogP contribution in [-0.2, 0) is 23.1 Å². The highest BCUT2D eigenvalue weighted by Gasteiger charge is 2.23. The predicted octanol–water partition coefficient (Wildman–Crippen LogP) is 1.15. The van der Waals surface area contributed by atoms with Crippen LogP contribution in [0.3, 0.4) is 0 Å². The monoisotopic (exact) mass is 329 g/mol. The van der Waals surface area contributed by atoms with Gasteiger partial charge in [0.25, 0.3) is 10.0 Å². The van der Waals surface area contributed by atoms with E-state index < -0.39 is 10.0 Å². The lowest BCUT2D eigenvalue weighted by Crippen LogP contribution is -2.27. The third-order valence-electron chi connectivity index (χ3n) is 2.90. The van der Waals surface area contributed by atoms with E-state index in [-0.39, 0.29) is 17.6 Å². The van der Waals surface area contributed by atoms with E-state index in [0.29, 0.717) is 17.8 Å². The van der Waals surface area contributed by atoms with Crippen LogP contribution in [-0.4, -0.2) is 29.6 Å². The lowest BCUT2D eigenvalue weighted by atomic mass is 10.2. The van der Waals surface area contributed by atoms with E-state index in [4.69, 9.17) is 0 Å². The van der Waals surface area contributed by atoms with Crippen molar-refractivity contribution in [3.05, 3.63) is 27.8 Å². The first-order valence-corrected chi connectivity index (χ1v) is 8.96. The molecule has 0 spiro atoms. The second-order valence-electron chi connectivity index (χ2n) is 4.97. The first kappa shape index (κ1) is 16.1. The van der Waals surface area contributed by atoms with Gasteiger partial charge in [-0.1, -0.05) is 13.8 Å². The summed E-state index contributed by atoms with van der Waals surface area (Å²) in [5.74, 6) is 0. The SMILES string of the molecule is Cc1[nH]nc(S(=O)(=O)NCc2cscn2)c1CNC(C)C. The van der Waals surface area contributed by atoms with Gasteiger partial charge < -0.3 is 5.32 Å². The Morgan fingerprint density at radius 2 is 2.14 bits per heavy atom. The van der Waals surface area contributed by atoms with E-state index in [2.05, 4.69) is 25.2 Å². The zero-order valence-electron chi connectivity index (χ0n) is 12.2. The molecule has 0 radical (unpaired) electrons. The molecule has 2 aromatic heterocycles. The summed E-state index contributed by atoms with van der Waals surface area (Å²) < 4.78 is 27.2. The minimum Gasteiger partial charge on any atom is -0.310 e. The third-order valence-corrected chi connectivity index (χ3v) is 4.91. The van der Waals surface area contributed by atoms with E-state index >= 15 is 0 Å². The fourth-order valence-corrected chi connectivity index (χ4v) is 3.48. The van der Waals surface area contributed by atoms with Gasteiger partial charge in [0.15, 0.2) is 5.03 Å². The van der Waals surface area contributed by atoms with Crippen LogP contribution in [0.4, 0.5) is 0 Å². The lowest BCUT2D eigenvalue weighted by Gasteiger charge is -2.10. The molecule has 0 aromatic carbocycles. The molecule has 0 saturated carbocycles. The number of nitrogens with one attached hydrogen (secondary N) is 3. The molecule has 0 aliphatic carbocycles. The molecule has 7 nitrogen and oxygen atoms in total. The summed E-state index contributed by atoms with van der Waals surface area (Å²) in [5.41, 5.74) is 3.77. The topological polar surface area (TPSA) is 99.8 Å². The van der Waals surface area contributed by atoms with Gasteiger partial charge in [-0.3, -0.25) is 5.10 Å². The maximum absolute atomic E-state index is 12.4. The van der Waals surface area contributed by atoms with Gasteiger partial charge in [0.2, 0.25) is 0 Å². The van der Waals surface area contributed by atoms with Crippen LogP contribution in [0.15, 0.2) is 15.9 Å². The quantitative estimate of drug-likeness (QED) is 0.707. The molecule has 9 heteroatoms. The van der Waals surface area contributed by atoms with Gasteiger partial charge in [-0.15, -0.1) is 11.3 Å². The highest BCUT2D eigenvalue weighted by Crippen LogP contribution is 2.16. The van der Waals surface area contributed by atoms with Crippen molar-refractivity contribution < 1.29 is 8.42 Å². The lowest BCUT2D eigenvalue weighted by molar-refractivity contribution is 0.563. The molecule has 3 N–H and O–H groups in total. The number of thiazole rings is 1. The van der Waals surface area contributed by atoms with E-state index in [1.165, 1.54) is 11.3 Å². The molecule has 116 valence electrons. The molecule has 0 saturated heterocycles. The van der Waals surface area contributed by atoms with E-state index in [0.717, 1.165) is 5.69 Å². The van der Waals surface area contributed by atoms with Crippen molar-refractivity contribution >= 4 is 21.4 Å². The zero-order chi connectivity index (χ0) is 15.5. The van der Waals surface area contributed by atoms with Crippen molar-refractivity contribution in [2.24, 2.45) is 0 Å². The van der Waals surface area contributed by atoms with Gasteiger partial charge in [0, 0.05) is 29.2 Å². The average Bonchev–Trinajstić information content (AvgIpc) is 3.03. The molecule has 0 aliphatic rings. The number of sulfonamides is 1. The van der Waals surface area contributed by atoms with Crippen molar-refractivity contribution in [2.45, 2.75) is 44.9 Å². The van der Waals surface area contributed by atoms with Gasteiger partial charge in [0.1, 0.15) is 0 Å². The highest BCUT2D eigenvalue weighted by atomic mass is 32.2. The number of hydrogen-bond donors (Lipinski definition) is 3. The van der Waals surface area contributed by atoms with Crippen molar-refractivity contribution in [2.75, 3.05) is 0 Å². The molecule has 2 aromatic rings. The standard InChI is InChI=1S/C12H19N5O2S2/c1-8(2)13-5-11-9(3)16-17-12(11)21(18,19)15-4-10-6-20-7-14-10/h6-8,13,15H,4-5H2,1-3H3,(H,16,17). The van der Waals surface area contributed by atoms with Crippen LogP contribution in [0.5, 0.6) is 0 Å². The van der Waals surface area contributed by atoms with Crippen molar-refractivity contribution in [3.8, 4) is 0 Å². The highest BCUT2D eigenvalue weighted by molar-refractivity contribution is 7.89. The Balaban J connectivity index is 2.15. The summed E-state index contributed by atoms with van der Waals surface area (Å²) >= 11 is 1.43. The van der Waals surface area contributed by atoms with Crippen molar-refractivity contribution in [1.82, 2.24) is 25.2 Å². The Hall–Kier alpha value is -1.29. The van der Waals surface area contributed by atoms with Crippen LogP contribution >= 0.6 is 11.3 Å². The zero-order valence-corrected chi connectivity index (χ0v) is 13.8. The van der Waals surface area contributed by atoms with Gasteiger partial charge in [-0.25, -0.2) is 18.1 Å². The van der Waals surface area contributed by atoms with E-state index in [9.17, 15) is 8.42 Å². The Morgan fingerprint density at radius 1 is 1.38 bits per heavy atom.